The zero-order chi connectivity index (χ0) is 15.9. The molecule has 5 nitrogen and oxygen atoms in total. The molecule has 1 aromatic carbocycles. The largest absolute Gasteiger partial charge is 0.377 e. The lowest BCUT2D eigenvalue weighted by molar-refractivity contribution is 0.0737. The van der Waals surface area contributed by atoms with Crippen molar-refractivity contribution in [2.75, 3.05) is 26.7 Å². The Morgan fingerprint density at radius 1 is 1.33 bits per heavy atom. The Bertz CT molecular complexity index is 615. The highest BCUT2D eigenvalue weighted by molar-refractivity contribution is 7.89. The zero-order valence-corrected chi connectivity index (χ0v) is 13.5. The number of benzene rings is 1. The molecule has 0 aliphatic carbocycles. The lowest BCUT2D eigenvalue weighted by Gasteiger charge is -2.18. The van der Waals surface area contributed by atoms with E-state index in [0.29, 0.717) is 18.7 Å². The fraction of sp³-hybridized carbons (Fsp3) is 0.467. The van der Waals surface area contributed by atoms with Gasteiger partial charge in [-0.15, -0.1) is 0 Å². The van der Waals surface area contributed by atoms with Crippen molar-refractivity contribution in [2.45, 2.75) is 24.8 Å². The third kappa shape index (κ3) is 5.14. The first-order chi connectivity index (χ1) is 9.89. The van der Waals surface area contributed by atoms with Gasteiger partial charge in [0.1, 0.15) is 0 Å². The van der Waals surface area contributed by atoms with Crippen LogP contribution in [-0.4, -0.2) is 45.6 Å². The van der Waals surface area contributed by atoms with Gasteiger partial charge in [-0.05, 0) is 26.0 Å². The van der Waals surface area contributed by atoms with Crippen LogP contribution in [0.15, 0.2) is 29.2 Å². The number of ether oxygens (including phenoxy) is 1. The van der Waals surface area contributed by atoms with Gasteiger partial charge in [0.2, 0.25) is 10.0 Å². The average molecular weight is 310 g/mol. The third-order valence-electron chi connectivity index (χ3n) is 2.76. The quantitative estimate of drug-likeness (QED) is 0.797. The van der Waals surface area contributed by atoms with Crippen molar-refractivity contribution in [1.82, 2.24) is 4.31 Å². The maximum atomic E-state index is 12.6. The summed E-state index contributed by atoms with van der Waals surface area (Å²) in [6, 6.07) is 6.66. The minimum Gasteiger partial charge on any atom is -0.377 e. The molecule has 116 valence electrons. The van der Waals surface area contributed by atoms with Gasteiger partial charge in [-0.2, -0.15) is 4.31 Å². The lowest BCUT2D eigenvalue weighted by Crippen LogP contribution is -2.31. The molecule has 0 aliphatic rings. The van der Waals surface area contributed by atoms with Crippen LogP contribution in [0.4, 0.5) is 0 Å². The van der Waals surface area contributed by atoms with Gasteiger partial charge in [0.05, 0.1) is 24.2 Å². The number of hydrogen-bond donors (Lipinski definition) is 1. The number of likely N-dealkylation sites (N-methyl/N-ethyl adjacent to an activating group) is 1. The van der Waals surface area contributed by atoms with Crippen molar-refractivity contribution >= 4 is 10.0 Å². The second kappa shape index (κ2) is 8.15. The van der Waals surface area contributed by atoms with E-state index in [1.807, 2.05) is 13.8 Å². The SMILES string of the molecule is CC(C)OCCN(C)S(=O)(=O)c1ccccc1C#CCN. The fourth-order valence-electron chi connectivity index (χ4n) is 1.65. The van der Waals surface area contributed by atoms with Crippen molar-refractivity contribution in [1.29, 1.82) is 0 Å². The predicted octanol–water partition coefficient (Wildman–Crippen LogP) is 1.04. The number of sulfonamides is 1. The topological polar surface area (TPSA) is 72.6 Å². The van der Waals surface area contributed by atoms with Crippen LogP contribution in [0, 0.1) is 11.8 Å². The summed E-state index contributed by atoms with van der Waals surface area (Å²) in [5, 5.41) is 0. The van der Waals surface area contributed by atoms with Gasteiger partial charge in [-0.3, -0.25) is 0 Å². The molecule has 0 atom stereocenters. The molecule has 0 fully saturated rings. The highest BCUT2D eigenvalue weighted by Gasteiger charge is 2.23. The van der Waals surface area contributed by atoms with Gasteiger partial charge < -0.3 is 10.5 Å². The second-order valence-electron chi connectivity index (χ2n) is 4.75. The van der Waals surface area contributed by atoms with Gasteiger partial charge in [0, 0.05) is 19.2 Å². The molecule has 0 unspecified atom stereocenters. The van der Waals surface area contributed by atoms with Gasteiger partial charge >= 0.3 is 0 Å². The molecule has 0 bridgehead atoms. The number of rotatable bonds is 6. The molecule has 0 aromatic heterocycles. The van der Waals surface area contributed by atoms with Gasteiger partial charge in [0.25, 0.3) is 0 Å². The summed E-state index contributed by atoms with van der Waals surface area (Å²) in [4.78, 5) is 0.193. The average Bonchev–Trinajstić information content (AvgIpc) is 2.44. The van der Waals surface area contributed by atoms with E-state index in [1.54, 1.807) is 24.3 Å². The summed E-state index contributed by atoms with van der Waals surface area (Å²) in [6.45, 7) is 4.65. The highest BCUT2D eigenvalue weighted by atomic mass is 32.2. The van der Waals surface area contributed by atoms with Crippen LogP contribution in [0.1, 0.15) is 19.4 Å². The fourth-order valence-corrected chi connectivity index (χ4v) is 2.94. The van der Waals surface area contributed by atoms with Crippen molar-refractivity contribution in [2.24, 2.45) is 5.73 Å². The minimum absolute atomic E-state index is 0.0730. The molecular weight excluding hydrogens is 288 g/mol. The van der Waals surface area contributed by atoms with Gasteiger partial charge in [0.15, 0.2) is 0 Å². The smallest absolute Gasteiger partial charge is 0.244 e. The molecule has 2 N–H and O–H groups in total. The van der Waals surface area contributed by atoms with Crippen molar-refractivity contribution in [3.05, 3.63) is 29.8 Å². The van der Waals surface area contributed by atoms with E-state index in [1.165, 1.54) is 11.4 Å². The monoisotopic (exact) mass is 310 g/mol. The maximum Gasteiger partial charge on any atom is 0.244 e. The number of hydrogen-bond acceptors (Lipinski definition) is 4. The van der Waals surface area contributed by atoms with E-state index in [9.17, 15) is 8.42 Å². The summed E-state index contributed by atoms with van der Waals surface area (Å²) >= 11 is 0. The van der Waals surface area contributed by atoms with E-state index in [-0.39, 0.29) is 17.5 Å². The predicted molar refractivity (Wildman–Crippen MR) is 83.3 cm³/mol. The van der Waals surface area contributed by atoms with Crippen molar-refractivity contribution in [3.8, 4) is 11.8 Å². The molecule has 0 heterocycles. The van der Waals surface area contributed by atoms with E-state index >= 15 is 0 Å². The molecular formula is C15H22N2O3S. The van der Waals surface area contributed by atoms with Crippen LogP contribution in [0.5, 0.6) is 0 Å². The van der Waals surface area contributed by atoms with Crippen LogP contribution < -0.4 is 5.73 Å². The summed E-state index contributed by atoms with van der Waals surface area (Å²) in [5.41, 5.74) is 5.80. The first kappa shape index (κ1) is 17.7. The Morgan fingerprint density at radius 2 is 2.00 bits per heavy atom. The van der Waals surface area contributed by atoms with Gasteiger partial charge in [-0.1, -0.05) is 24.0 Å². The third-order valence-corrected chi connectivity index (χ3v) is 4.67. The number of nitrogens with two attached hydrogens (primary N) is 1. The Kier molecular flexibility index (Phi) is 6.85. The highest BCUT2D eigenvalue weighted by Crippen LogP contribution is 2.18. The standard InChI is InChI=1S/C15H22N2O3S/c1-13(2)20-12-11-17(3)21(18,19)15-9-5-4-7-14(15)8-6-10-16/h4-5,7,9,13H,10-12,16H2,1-3H3. The molecule has 0 saturated heterocycles. The summed E-state index contributed by atoms with van der Waals surface area (Å²) < 4.78 is 31.8. The van der Waals surface area contributed by atoms with E-state index in [2.05, 4.69) is 11.8 Å². The summed E-state index contributed by atoms with van der Waals surface area (Å²) in [6.07, 6.45) is 0.0730. The van der Waals surface area contributed by atoms with Crippen LogP contribution >= 0.6 is 0 Å². The Morgan fingerprint density at radius 3 is 2.62 bits per heavy atom. The van der Waals surface area contributed by atoms with E-state index < -0.39 is 10.0 Å². The second-order valence-corrected chi connectivity index (χ2v) is 6.76. The van der Waals surface area contributed by atoms with Crippen LogP contribution in [0.25, 0.3) is 0 Å². The van der Waals surface area contributed by atoms with Crippen LogP contribution in [0.2, 0.25) is 0 Å². The number of nitrogens with zero attached hydrogens (tertiary/aromatic N) is 1. The molecule has 0 saturated carbocycles. The minimum atomic E-state index is -3.59. The van der Waals surface area contributed by atoms with Crippen LogP contribution in [-0.2, 0) is 14.8 Å². The molecule has 0 spiro atoms. The molecule has 1 aromatic rings. The first-order valence-electron chi connectivity index (χ1n) is 6.75. The Labute approximate surface area is 127 Å². The Hall–Kier alpha value is -1.39. The first-order valence-corrected chi connectivity index (χ1v) is 8.19. The maximum absolute atomic E-state index is 12.6. The molecule has 0 radical (unpaired) electrons. The Balaban J connectivity index is 2.97. The molecule has 6 heteroatoms. The van der Waals surface area contributed by atoms with Crippen molar-refractivity contribution in [3.63, 3.8) is 0 Å². The van der Waals surface area contributed by atoms with E-state index in [4.69, 9.17) is 10.5 Å². The molecule has 21 heavy (non-hydrogen) atoms. The molecule has 0 aliphatic heterocycles. The van der Waals surface area contributed by atoms with Crippen molar-refractivity contribution < 1.29 is 13.2 Å². The summed E-state index contributed by atoms with van der Waals surface area (Å²) in [5.74, 6) is 5.48. The molecule has 0 amide bonds. The molecule has 1 rings (SSSR count). The normalized spacial score (nSPS) is 11.5. The lowest BCUT2D eigenvalue weighted by atomic mass is 10.2. The zero-order valence-electron chi connectivity index (χ0n) is 12.7. The van der Waals surface area contributed by atoms with Gasteiger partial charge in [-0.25, -0.2) is 8.42 Å². The van der Waals surface area contributed by atoms with Crippen LogP contribution in [0.3, 0.4) is 0 Å². The van der Waals surface area contributed by atoms with E-state index in [0.717, 1.165) is 0 Å². The summed E-state index contributed by atoms with van der Waals surface area (Å²) in [7, 11) is -2.05.